The Labute approximate surface area is 118 Å². The van der Waals surface area contributed by atoms with Crippen molar-refractivity contribution < 1.29 is 4.74 Å². The maximum Gasteiger partial charge on any atom is 0.121 e. The Morgan fingerprint density at radius 2 is 2.22 bits per heavy atom. The van der Waals surface area contributed by atoms with E-state index < -0.39 is 0 Å². The molecule has 0 amide bonds. The first-order valence-electron chi connectivity index (χ1n) is 6.83. The summed E-state index contributed by atoms with van der Waals surface area (Å²) in [7, 11) is 1.71. The van der Waals surface area contributed by atoms with E-state index in [1.54, 1.807) is 7.11 Å². The molecule has 0 radical (unpaired) electrons. The molecule has 18 heavy (non-hydrogen) atoms. The highest BCUT2D eigenvalue weighted by atomic mass is 79.9. The summed E-state index contributed by atoms with van der Waals surface area (Å²) >= 11 is 3.60. The lowest BCUT2D eigenvalue weighted by molar-refractivity contribution is 0.327. The first kappa shape index (κ1) is 13.7. The fraction of sp³-hybridized carbons (Fsp3) is 0.600. The first-order chi connectivity index (χ1) is 8.72. The molecule has 2 rings (SSSR count). The molecule has 0 saturated heterocycles. The second kappa shape index (κ2) is 6.46. The van der Waals surface area contributed by atoms with Crippen LogP contribution in [0.3, 0.4) is 0 Å². The Balaban J connectivity index is 2.04. The summed E-state index contributed by atoms with van der Waals surface area (Å²) in [6.07, 6.45) is 6.61. The van der Waals surface area contributed by atoms with Gasteiger partial charge in [-0.2, -0.15) is 0 Å². The molecule has 1 N–H and O–H groups in total. The molecular formula is C15H22BrNO. The zero-order valence-corrected chi connectivity index (χ0v) is 12.8. The van der Waals surface area contributed by atoms with Crippen molar-refractivity contribution in [3.05, 3.63) is 22.7 Å². The molecule has 1 aliphatic carbocycles. The zero-order chi connectivity index (χ0) is 13.0. The average molecular weight is 312 g/mol. The Morgan fingerprint density at radius 3 is 2.94 bits per heavy atom. The molecule has 1 aromatic carbocycles. The van der Waals surface area contributed by atoms with Crippen LogP contribution in [0, 0.1) is 5.92 Å². The smallest absolute Gasteiger partial charge is 0.121 e. The molecule has 2 nitrogen and oxygen atoms in total. The molecule has 0 aromatic heterocycles. The molecule has 0 spiro atoms. The largest absolute Gasteiger partial charge is 0.497 e. The van der Waals surface area contributed by atoms with Crippen LogP contribution in [0.2, 0.25) is 0 Å². The van der Waals surface area contributed by atoms with Crippen molar-refractivity contribution in [1.82, 2.24) is 0 Å². The standard InChI is InChI=1S/C15H22BrNO/c1-3-11-5-4-6-12(9-11)17-15-10-13(18-2)7-8-14(15)16/h7-8,10-12,17H,3-6,9H2,1-2H3. The van der Waals surface area contributed by atoms with Gasteiger partial charge in [0.1, 0.15) is 5.75 Å². The van der Waals surface area contributed by atoms with Crippen LogP contribution in [-0.2, 0) is 0 Å². The van der Waals surface area contributed by atoms with Gasteiger partial charge in [-0.15, -0.1) is 0 Å². The molecule has 2 unspecified atom stereocenters. The Morgan fingerprint density at radius 1 is 1.39 bits per heavy atom. The first-order valence-corrected chi connectivity index (χ1v) is 7.62. The van der Waals surface area contributed by atoms with Crippen molar-refractivity contribution in [1.29, 1.82) is 0 Å². The number of anilines is 1. The summed E-state index contributed by atoms with van der Waals surface area (Å²) in [5, 5.41) is 3.66. The van der Waals surface area contributed by atoms with E-state index in [1.165, 1.54) is 32.1 Å². The van der Waals surface area contributed by atoms with Crippen LogP contribution in [0.5, 0.6) is 5.75 Å². The third kappa shape index (κ3) is 3.41. The van der Waals surface area contributed by atoms with Gasteiger partial charge in [0.2, 0.25) is 0 Å². The number of rotatable bonds is 4. The number of halogens is 1. The maximum absolute atomic E-state index is 5.28. The highest BCUT2D eigenvalue weighted by Gasteiger charge is 2.21. The van der Waals surface area contributed by atoms with E-state index in [2.05, 4.69) is 34.2 Å². The average Bonchev–Trinajstić information content (AvgIpc) is 2.41. The van der Waals surface area contributed by atoms with Crippen molar-refractivity contribution in [2.75, 3.05) is 12.4 Å². The van der Waals surface area contributed by atoms with Crippen LogP contribution in [0.15, 0.2) is 22.7 Å². The SMILES string of the molecule is CCC1CCCC(Nc2cc(OC)ccc2Br)C1. The lowest BCUT2D eigenvalue weighted by Crippen LogP contribution is -2.27. The van der Waals surface area contributed by atoms with Gasteiger partial charge in [-0.05, 0) is 46.8 Å². The zero-order valence-electron chi connectivity index (χ0n) is 11.2. The van der Waals surface area contributed by atoms with Gasteiger partial charge in [0.25, 0.3) is 0 Å². The molecular weight excluding hydrogens is 290 g/mol. The Hall–Kier alpha value is -0.700. The van der Waals surface area contributed by atoms with E-state index in [9.17, 15) is 0 Å². The van der Waals surface area contributed by atoms with Gasteiger partial charge >= 0.3 is 0 Å². The van der Waals surface area contributed by atoms with Crippen molar-refractivity contribution in [2.45, 2.75) is 45.1 Å². The number of nitrogens with one attached hydrogen (secondary N) is 1. The van der Waals surface area contributed by atoms with E-state index in [-0.39, 0.29) is 0 Å². The van der Waals surface area contributed by atoms with E-state index in [4.69, 9.17) is 4.74 Å². The van der Waals surface area contributed by atoms with Gasteiger partial charge in [0.15, 0.2) is 0 Å². The summed E-state index contributed by atoms with van der Waals surface area (Å²) in [5.74, 6) is 1.80. The molecule has 0 aliphatic heterocycles. The van der Waals surface area contributed by atoms with Gasteiger partial charge in [0, 0.05) is 16.6 Å². The summed E-state index contributed by atoms with van der Waals surface area (Å²) < 4.78 is 6.39. The van der Waals surface area contributed by atoms with Crippen LogP contribution in [0.4, 0.5) is 5.69 Å². The Bertz CT molecular complexity index is 394. The van der Waals surface area contributed by atoms with Crippen LogP contribution >= 0.6 is 15.9 Å². The highest BCUT2D eigenvalue weighted by Crippen LogP contribution is 2.32. The van der Waals surface area contributed by atoms with Crippen molar-refractivity contribution in [3.8, 4) is 5.75 Å². The topological polar surface area (TPSA) is 21.3 Å². The second-order valence-corrected chi connectivity index (χ2v) is 5.98. The minimum Gasteiger partial charge on any atom is -0.497 e. The lowest BCUT2D eigenvalue weighted by atomic mass is 9.84. The second-order valence-electron chi connectivity index (χ2n) is 5.13. The van der Waals surface area contributed by atoms with Gasteiger partial charge in [-0.3, -0.25) is 0 Å². The summed E-state index contributed by atoms with van der Waals surface area (Å²) in [5.41, 5.74) is 1.15. The molecule has 3 heteroatoms. The highest BCUT2D eigenvalue weighted by molar-refractivity contribution is 9.10. The molecule has 2 atom stereocenters. The quantitative estimate of drug-likeness (QED) is 0.859. The van der Waals surface area contributed by atoms with E-state index in [0.717, 1.165) is 21.8 Å². The van der Waals surface area contributed by atoms with Gasteiger partial charge in [-0.1, -0.05) is 26.2 Å². The minimum atomic E-state index is 0.604. The minimum absolute atomic E-state index is 0.604. The molecule has 1 saturated carbocycles. The fourth-order valence-corrected chi connectivity index (χ4v) is 3.12. The molecule has 1 fully saturated rings. The maximum atomic E-state index is 5.28. The van der Waals surface area contributed by atoms with Crippen LogP contribution in [0.25, 0.3) is 0 Å². The van der Waals surface area contributed by atoms with Crippen LogP contribution in [0.1, 0.15) is 39.0 Å². The fourth-order valence-electron chi connectivity index (χ4n) is 2.75. The number of methoxy groups -OCH3 is 1. The van der Waals surface area contributed by atoms with E-state index >= 15 is 0 Å². The number of ether oxygens (including phenoxy) is 1. The lowest BCUT2D eigenvalue weighted by Gasteiger charge is -2.30. The van der Waals surface area contributed by atoms with E-state index in [1.807, 2.05) is 12.1 Å². The number of benzene rings is 1. The molecule has 0 heterocycles. The van der Waals surface area contributed by atoms with Crippen molar-refractivity contribution >= 4 is 21.6 Å². The third-order valence-corrected chi connectivity index (χ3v) is 4.58. The Kier molecular flexibility index (Phi) is 4.93. The summed E-state index contributed by atoms with van der Waals surface area (Å²) in [6, 6.07) is 6.69. The van der Waals surface area contributed by atoms with Crippen molar-refractivity contribution in [2.24, 2.45) is 5.92 Å². The number of hydrogen-bond acceptors (Lipinski definition) is 2. The van der Waals surface area contributed by atoms with Crippen LogP contribution < -0.4 is 10.1 Å². The predicted molar refractivity (Wildman–Crippen MR) is 80.4 cm³/mol. The molecule has 0 bridgehead atoms. The predicted octanol–water partition coefficient (Wildman–Crippen LogP) is 4.84. The summed E-state index contributed by atoms with van der Waals surface area (Å²) in [4.78, 5) is 0. The van der Waals surface area contributed by atoms with Crippen molar-refractivity contribution in [3.63, 3.8) is 0 Å². The van der Waals surface area contributed by atoms with Crippen LogP contribution in [-0.4, -0.2) is 13.2 Å². The summed E-state index contributed by atoms with van der Waals surface area (Å²) in [6.45, 7) is 2.30. The molecule has 1 aliphatic rings. The third-order valence-electron chi connectivity index (χ3n) is 3.89. The van der Waals surface area contributed by atoms with Gasteiger partial charge in [-0.25, -0.2) is 0 Å². The monoisotopic (exact) mass is 311 g/mol. The van der Waals surface area contributed by atoms with E-state index in [0.29, 0.717) is 6.04 Å². The number of hydrogen-bond donors (Lipinski definition) is 1. The molecule has 1 aromatic rings. The normalized spacial score (nSPS) is 23.7. The molecule has 100 valence electrons. The van der Waals surface area contributed by atoms with Gasteiger partial charge < -0.3 is 10.1 Å². The van der Waals surface area contributed by atoms with Gasteiger partial charge in [0.05, 0.1) is 12.8 Å².